The maximum atomic E-state index is 12.9. The number of thioether (sulfide) groups is 1. The first-order chi connectivity index (χ1) is 12.4. The van der Waals surface area contributed by atoms with Crippen molar-refractivity contribution >= 4 is 55.0 Å². The Bertz CT molecular complexity index is 878. The van der Waals surface area contributed by atoms with Gasteiger partial charge in [-0.25, -0.2) is 12.8 Å². The maximum Gasteiger partial charge on any atom is 0.252 e. The second-order valence-corrected chi connectivity index (χ2v) is 11.3. The van der Waals surface area contributed by atoms with Crippen molar-refractivity contribution in [3.05, 3.63) is 46.0 Å². The maximum absolute atomic E-state index is 12.9. The Kier molecular flexibility index (Phi) is 6.39. The minimum absolute atomic E-state index is 0.0461. The zero-order valence-electron chi connectivity index (χ0n) is 13.6. The van der Waals surface area contributed by atoms with E-state index in [0.29, 0.717) is 17.3 Å². The fourth-order valence-electron chi connectivity index (χ4n) is 2.51. The van der Waals surface area contributed by atoms with E-state index in [1.807, 2.05) is 0 Å². The SMILES string of the molecule is O=C(CSc1ccc(F)cc1)N1CCN(S(=O)(=O)c2ccc(Br)s2)CC1. The Balaban J connectivity index is 1.53. The normalized spacial score (nSPS) is 16.0. The summed E-state index contributed by atoms with van der Waals surface area (Å²) >= 11 is 5.80. The summed E-state index contributed by atoms with van der Waals surface area (Å²) in [5.41, 5.74) is 0. The molecule has 0 spiro atoms. The molecule has 0 unspecified atom stereocenters. The van der Waals surface area contributed by atoms with Crippen molar-refractivity contribution in [2.45, 2.75) is 9.10 Å². The average Bonchev–Trinajstić information content (AvgIpc) is 3.08. The fourth-order valence-corrected chi connectivity index (χ4v) is 6.90. The summed E-state index contributed by atoms with van der Waals surface area (Å²) in [4.78, 5) is 14.8. The molecule has 5 nitrogen and oxygen atoms in total. The molecular formula is C16H16BrFN2O3S3. The quantitative estimate of drug-likeness (QED) is 0.618. The van der Waals surface area contributed by atoms with E-state index in [2.05, 4.69) is 15.9 Å². The molecule has 1 aromatic heterocycles. The monoisotopic (exact) mass is 478 g/mol. The molecule has 1 aromatic carbocycles. The van der Waals surface area contributed by atoms with Gasteiger partial charge in [-0.2, -0.15) is 4.31 Å². The number of rotatable bonds is 5. The summed E-state index contributed by atoms with van der Waals surface area (Å²) < 4.78 is 40.6. The number of carbonyl (C=O) groups excluding carboxylic acids is 1. The fraction of sp³-hybridized carbons (Fsp3) is 0.312. The van der Waals surface area contributed by atoms with E-state index in [9.17, 15) is 17.6 Å². The highest BCUT2D eigenvalue weighted by atomic mass is 79.9. The van der Waals surface area contributed by atoms with Gasteiger partial charge in [0.15, 0.2) is 0 Å². The molecule has 1 amide bonds. The summed E-state index contributed by atoms with van der Waals surface area (Å²) in [6, 6.07) is 9.29. The van der Waals surface area contributed by atoms with Gasteiger partial charge in [-0.15, -0.1) is 23.1 Å². The zero-order valence-corrected chi connectivity index (χ0v) is 17.6. The number of hydrogen-bond acceptors (Lipinski definition) is 5. The Morgan fingerprint density at radius 2 is 1.77 bits per heavy atom. The number of thiophene rings is 1. The van der Waals surface area contributed by atoms with Crippen LogP contribution >= 0.6 is 39.0 Å². The average molecular weight is 479 g/mol. The van der Waals surface area contributed by atoms with E-state index in [-0.39, 0.29) is 30.6 Å². The molecule has 2 heterocycles. The molecule has 1 saturated heterocycles. The first-order valence-electron chi connectivity index (χ1n) is 7.78. The number of carbonyl (C=O) groups is 1. The molecule has 140 valence electrons. The molecule has 0 bridgehead atoms. The van der Waals surface area contributed by atoms with Crippen LogP contribution in [-0.2, 0) is 14.8 Å². The lowest BCUT2D eigenvalue weighted by Crippen LogP contribution is -2.50. The van der Waals surface area contributed by atoms with Crippen LogP contribution in [0.5, 0.6) is 0 Å². The first kappa shape index (κ1) is 19.8. The summed E-state index contributed by atoms with van der Waals surface area (Å²) in [6.45, 7) is 1.30. The van der Waals surface area contributed by atoms with E-state index >= 15 is 0 Å². The largest absolute Gasteiger partial charge is 0.339 e. The van der Waals surface area contributed by atoms with Crippen LogP contribution in [0.25, 0.3) is 0 Å². The highest BCUT2D eigenvalue weighted by molar-refractivity contribution is 9.11. The van der Waals surface area contributed by atoms with Crippen molar-refractivity contribution in [3.63, 3.8) is 0 Å². The van der Waals surface area contributed by atoms with Gasteiger partial charge in [0.05, 0.1) is 9.54 Å². The summed E-state index contributed by atoms with van der Waals surface area (Å²) in [5.74, 6) is -0.109. The molecule has 0 aliphatic carbocycles. The first-order valence-corrected chi connectivity index (χ1v) is 11.8. The molecule has 26 heavy (non-hydrogen) atoms. The topological polar surface area (TPSA) is 57.7 Å². The van der Waals surface area contributed by atoms with Gasteiger partial charge in [0.25, 0.3) is 10.0 Å². The van der Waals surface area contributed by atoms with Crippen LogP contribution < -0.4 is 0 Å². The van der Waals surface area contributed by atoms with E-state index in [1.54, 1.807) is 29.2 Å². The third-order valence-electron chi connectivity index (χ3n) is 3.91. The third kappa shape index (κ3) is 4.66. The molecule has 2 aromatic rings. The van der Waals surface area contributed by atoms with Crippen molar-refractivity contribution in [2.75, 3.05) is 31.9 Å². The van der Waals surface area contributed by atoms with Gasteiger partial charge in [0.1, 0.15) is 10.0 Å². The van der Waals surface area contributed by atoms with Crippen LogP contribution in [0.2, 0.25) is 0 Å². The van der Waals surface area contributed by atoms with E-state index in [1.165, 1.54) is 39.5 Å². The van der Waals surface area contributed by atoms with Crippen molar-refractivity contribution in [3.8, 4) is 0 Å². The van der Waals surface area contributed by atoms with Crippen LogP contribution in [0.3, 0.4) is 0 Å². The Morgan fingerprint density at radius 3 is 2.35 bits per heavy atom. The number of benzene rings is 1. The van der Waals surface area contributed by atoms with Gasteiger partial charge in [-0.1, -0.05) is 0 Å². The van der Waals surface area contributed by atoms with E-state index < -0.39 is 10.0 Å². The standard InChI is InChI=1S/C16H16BrFN2O3S3/c17-14-5-6-16(25-14)26(22,23)20-9-7-19(8-10-20)15(21)11-24-13-3-1-12(18)2-4-13/h1-6H,7-11H2. The molecule has 0 saturated carbocycles. The zero-order chi connectivity index (χ0) is 18.7. The Hall–Kier alpha value is -0.940. The second kappa shape index (κ2) is 8.39. The molecule has 0 radical (unpaired) electrons. The summed E-state index contributed by atoms with van der Waals surface area (Å²) in [5, 5.41) is 0. The Morgan fingerprint density at radius 1 is 1.12 bits per heavy atom. The van der Waals surface area contributed by atoms with Crippen molar-refractivity contribution in [1.29, 1.82) is 0 Å². The lowest BCUT2D eigenvalue weighted by atomic mass is 10.3. The van der Waals surface area contributed by atoms with E-state index in [0.717, 1.165) is 8.68 Å². The number of amides is 1. The minimum Gasteiger partial charge on any atom is -0.339 e. The lowest BCUT2D eigenvalue weighted by Gasteiger charge is -2.33. The third-order valence-corrected chi connectivity index (χ3v) is 8.90. The highest BCUT2D eigenvalue weighted by Gasteiger charge is 2.30. The molecular weight excluding hydrogens is 463 g/mol. The molecule has 3 rings (SSSR count). The van der Waals surface area contributed by atoms with Crippen LogP contribution in [-0.4, -0.2) is 55.5 Å². The number of hydrogen-bond donors (Lipinski definition) is 0. The molecule has 1 fully saturated rings. The lowest BCUT2D eigenvalue weighted by molar-refractivity contribution is -0.129. The van der Waals surface area contributed by atoms with Gasteiger partial charge in [0, 0.05) is 31.1 Å². The molecule has 0 atom stereocenters. The van der Waals surface area contributed by atoms with Crippen LogP contribution in [0, 0.1) is 5.82 Å². The van der Waals surface area contributed by atoms with Crippen LogP contribution in [0.15, 0.2) is 49.3 Å². The predicted octanol–water partition coefficient (Wildman–Crippen LogP) is 3.27. The smallest absolute Gasteiger partial charge is 0.252 e. The highest BCUT2D eigenvalue weighted by Crippen LogP contribution is 2.29. The van der Waals surface area contributed by atoms with Gasteiger partial charge in [-0.05, 0) is 52.3 Å². The summed E-state index contributed by atoms with van der Waals surface area (Å²) in [6.07, 6.45) is 0. The number of nitrogens with zero attached hydrogens (tertiary/aromatic N) is 2. The predicted molar refractivity (Wildman–Crippen MR) is 104 cm³/mol. The molecule has 10 heteroatoms. The number of halogens is 2. The minimum atomic E-state index is -3.51. The number of sulfonamides is 1. The van der Waals surface area contributed by atoms with Gasteiger partial charge in [-0.3, -0.25) is 4.79 Å². The second-order valence-electron chi connectivity index (χ2n) is 5.59. The number of piperazine rings is 1. The van der Waals surface area contributed by atoms with Gasteiger partial charge >= 0.3 is 0 Å². The molecule has 1 aliphatic rings. The Labute approximate surface area is 168 Å². The van der Waals surface area contributed by atoms with Crippen molar-refractivity contribution < 1.29 is 17.6 Å². The molecule has 0 N–H and O–H groups in total. The van der Waals surface area contributed by atoms with Crippen molar-refractivity contribution in [2.24, 2.45) is 0 Å². The van der Waals surface area contributed by atoms with Crippen LogP contribution in [0.1, 0.15) is 0 Å². The van der Waals surface area contributed by atoms with Crippen molar-refractivity contribution in [1.82, 2.24) is 9.21 Å². The van der Waals surface area contributed by atoms with Crippen LogP contribution in [0.4, 0.5) is 4.39 Å². The van der Waals surface area contributed by atoms with E-state index in [4.69, 9.17) is 0 Å². The molecule has 1 aliphatic heterocycles. The summed E-state index contributed by atoms with van der Waals surface area (Å²) in [7, 11) is -3.51. The van der Waals surface area contributed by atoms with Gasteiger partial charge in [0.2, 0.25) is 5.91 Å². The van der Waals surface area contributed by atoms with Gasteiger partial charge < -0.3 is 4.90 Å².